The van der Waals surface area contributed by atoms with Crippen LogP contribution in [0, 0.1) is 6.92 Å². The molecule has 0 saturated heterocycles. The predicted octanol–water partition coefficient (Wildman–Crippen LogP) is 3.48. The zero-order valence-corrected chi connectivity index (χ0v) is 16.3. The number of halogens is 1. The molecule has 0 radical (unpaired) electrons. The summed E-state index contributed by atoms with van der Waals surface area (Å²) in [5.74, 6) is -1.29. The van der Waals surface area contributed by atoms with Gasteiger partial charge < -0.3 is 0 Å². The third kappa shape index (κ3) is 6.62. The van der Waals surface area contributed by atoms with Gasteiger partial charge in [0.1, 0.15) is 5.78 Å². The van der Waals surface area contributed by atoms with E-state index in [0.29, 0.717) is 4.88 Å². The zero-order valence-electron chi connectivity index (χ0n) is 14.7. The molecule has 1 aromatic carbocycles. The highest BCUT2D eigenvalue weighted by atomic mass is 35.5. The van der Waals surface area contributed by atoms with Crippen LogP contribution in [0.4, 0.5) is 0 Å². The molecule has 2 amide bonds. The molecule has 8 heteroatoms. The van der Waals surface area contributed by atoms with Gasteiger partial charge in [0, 0.05) is 30.6 Å². The molecule has 2 N–H and O–H groups in total. The SMILES string of the molecule is Cc1ccc(C(=O)CCC(=O)CCC(=O)NNC(=O)c2ccccc2Cl)s1. The fraction of sp³-hybridized carbons (Fsp3) is 0.263. The van der Waals surface area contributed by atoms with Gasteiger partial charge in [0.05, 0.1) is 15.5 Å². The third-order valence-corrected chi connectivity index (χ3v) is 5.08. The maximum absolute atomic E-state index is 12.0. The Balaban J connectivity index is 1.67. The lowest BCUT2D eigenvalue weighted by molar-refractivity contribution is -0.125. The van der Waals surface area contributed by atoms with Crippen LogP contribution in [0.3, 0.4) is 0 Å². The van der Waals surface area contributed by atoms with Crippen molar-refractivity contribution in [3.8, 4) is 0 Å². The zero-order chi connectivity index (χ0) is 19.8. The number of hydrogen-bond donors (Lipinski definition) is 2. The molecule has 0 saturated carbocycles. The molecule has 0 atom stereocenters. The van der Waals surface area contributed by atoms with E-state index >= 15 is 0 Å². The molecule has 27 heavy (non-hydrogen) atoms. The quantitative estimate of drug-likeness (QED) is 0.518. The Labute approximate surface area is 165 Å². The number of aryl methyl sites for hydroxylation is 1. The predicted molar refractivity (Wildman–Crippen MR) is 104 cm³/mol. The molecule has 0 aliphatic rings. The maximum Gasteiger partial charge on any atom is 0.271 e. The second kappa shape index (κ2) is 9.99. The number of ketones is 2. The molecule has 6 nitrogen and oxygen atoms in total. The van der Waals surface area contributed by atoms with Crippen LogP contribution in [0.2, 0.25) is 5.02 Å². The Morgan fingerprint density at radius 2 is 1.63 bits per heavy atom. The van der Waals surface area contributed by atoms with E-state index in [4.69, 9.17) is 11.6 Å². The van der Waals surface area contributed by atoms with Gasteiger partial charge >= 0.3 is 0 Å². The number of hydrazine groups is 1. The Morgan fingerprint density at radius 3 is 2.30 bits per heavy atom. The lowest BCUT2D eigenvalue weighted by atomic mass is 10.1. The van der Waals surface area contributed by atoms with E-state index < -0.39 is 11.8 Å². The average Bonchev–Trinajstić information content (AvgIpc) is 3.09. The first-order valence-corrected chi connectivity index (χ1v) is 9.51. The van der Waals surface area contributed by atoms with Crippen LogP contribution >= 0.6 is 22.9 Å². The molecular weight excluding hydrogens is 388 g/mol. The van der Waals surface area contributed by atoms with Crippen molar-refractivity contribution in [1.29, 1.82) is 0 Å². The first kappa shape index (κ1) is 20.8. The summed E-state index contributed by atoms with van der Waals surface area (Å²) in [6, 6.07) is 10.0. The molecular formula is C19H19ClN2O4S. The van der Waals surface area contributed by atoms with Crippen molar-refractivity contribution in [2.75, 3.05) is 0 Å². The van der Waals surface area contributed by atoms with E-state index in [1.807, 2.05) is 13.0 Å². The fourth-order valence-electron chi connectivity index (χ4n) is 2.24. The molecule has 142 valence electrons. The van der Waals surface area contributed by atoms with E-state index in [0.717, 1.165) is 4.88 Å². The molecule has 0 bridgehead atoms. The maximum atomic E-state index is 12.0. The van der Waals surface area contributed by atoms with Crippen molar-refractivity contribution in [2.45, 2.75) is 32.6 Å². The number of rotatable bonds is 8. The van der Waals surface area contributed by atoms with Crippen molar-refractivity contribution >= 4 is 46.3 Å². The lowest BCUT2D eigenvalue weighted by Gasteiger charge is -2.08. The van der Waals surface area contributed by atoms with E-state index in [1.165, 1.54) is 17.4 Å². The van der Waals surface area contributed by atoms with Gasteiger partial charge in [0.15, 0.2) is 5.78 Å². The van der Waals surface area contributed by atoms with E-state index in [1.54, 1.807) is 24.3 Å². The van der Waals surface area contributed by atoms with Crippen molar-refractivity contribution < 1.29 is 19.2 Å². The van der Waals surface area contributed by atoms with Gasteiger partial charge in [-0.25, -0.2) is 0 Å². The van der Waals surface area contributed by atoms with E-state index in [9.17, 15) is 19.2 Å². The second-order valence-corrected chi connectivity index (χ2v) is 7.55. The summed E-state index contributed by atoms with van der Waals surface area (Å²) in [5.41, 5.74) is 4.73. The van der Waals surface area contributed by atoms with Crippen LogP contribution in [0.15, 0.2) is 36.4 Å². The molecule has 0 aliphatic carbocycles. The highest BCUT2D eigenvalue weighted by molar-refractivity contribution is 7.14. The van der Waals surface area contributed by atoms with Gasteiger partial charge in [-0.3, -0.25) is 30.0 Å². The van der Waals surface area contributed by atoms with Crippen LogP contribution in [0.5, 0.6) is 0 Å². The molecule has 1 heterocycles. The molecule has 0 fully saturated rings. The van der Waals surface area contributed by atoms with Gasteiger partial charge in [-0.15, -0.1) is 11.3 Å². The van der Waals surface area contributed by atoms with Crippen LogP contribution in [-0.2, 0) is 9.59 Å². The van der Waals surface area contributed by atoms with Crippen molar-refractivity contribution in [1.82, 2.24) is 10.9 Å². The number of hydrogen-bond acceptors (Lipinski definition) is 5. The van der Waals surface area contributed by atoms with Crippen molar-refractivity contribution in [3.05, 3.63) is 56.7 Å². The molecule has 0 unspecified atom stereocenters. The minimum absolute atomic E-state index is 0.00451. The van der Waals surface area contributed by atoms with Crippen LogP contribution in [0.1, 0.15) is 50.6 Å². The first-order valence-electron chi connectivity index (χ1n) is 8.32. The highest BCUT2D eigenvalue weighted by Gasteiger charge is 2.14. The molecule has 0 aliphatic heterocycles. The number of carbonyl (C=O) groups excluding carboxylic acids is 4. The normalized spacial score (nSPS) is 10.3. The summed E-state index contributed by atoms with van der Waals surface area (Å²) in [5, 5.41) is 0.269. The summed E-state index contributed by atoms with van der Waals surface area (Å²) in [6.45, 7) is 1.91. The second-order valence-electron chi connectivity index (χ2n) is 5.85. The summed E-state index contributed by atoms with van der Waals surface area (Å²) in [4.78, 5) is 49.2. The lowest BCUT2D eigenvalue weighted by Crippen LogP contribution is -2.41. The largest absolute Gasteiger partial charge is 0.300 e. The molecule has 0 spiro atoms. The molecule has 2 aromatic rings. The molecule has 1 aromatic heterocycles. The standard InChI is InChI=1S/C19H19ClN2O4S/c1-12-6-10-17(27-12)16(24)9-7-13(23)8-11-18(25)21-22-19(26)14-4-2-3-5-15(14)20/h2-6,10H,7-9,11H2,1H3,(H,21,25)(H,22,26). The van der Waals surface area contributed by atoms with Crippen LogP contribution < -0.4 is 10.9 Å². The van der Waals surface area contributed by atoms with Crippen LogP contribution in [0.25, 0.3) is 0 Å². The summed E-state index contributed by atoms with van der Waals surface area (Å²) in [6.07, 6.45) is 0.150. The smallest absolute Gasteiger partial charge is 0.271 e. The van der Waals surface area contributed by atoms with Gasteiger partial charge in [-0.1, -0.05) is 23.7 Å². The Bertz CT molecular complexity index is 863. The third-order valence-electron chi connectivity index (χ3n) is 3.71. The average molecular weight is 407 g/mol. The van der Waals surface area contributed by atoms with E-state index in [2.05, 4.69) is 10.9 Å². The number of Topliss-reactive ketones (excluding diaryl/α,β-unsaturated/α-hetero) is 2. The Hall–Kier alpha value is -2.51. The minimum atomic E-state index is -0.544. The first-order chi connectivity index (χ1) is 12.9. The Morgan fingerprint density at radius 1 is 0.926 bits per heavy atom. The topological polar surface area (TPSA) is 92.3 Å². The summed E-state index contributed by atoms with van der Waals surface area (Å²) < 4.78 is 0. The van der Waals surface area contributed by atoms with Crippen molar-refractivity contribution in [2.24, 2.45) is 0 Å². The van der Waals surface area contributed by atoms with Gasteiger partial charge in [-0.2, -0.15) is 0 Å². The monoisotopic (exact) mass is 406 g/mol. The summed E-state index contributed by atoms with van der Waals surface area (Å²) >= 11 is 7.30. The number of thiophene rings is 1. The number of benzene rings is 1. The van der Waals surface area contributed by atoms with Gasteiger partial charge in [-0.05, 0) is 31.2 Å². The molecule has 2 rings (SSSR count). The van der Waals surface area contributed by atoms with Crippen LogP contribution in [-0.4, -0.2) is 23.4 Å². The van der Waals surface area contributed by atoms with E-state index in [-0.39, 0.29) is 47.8 Å². The van der Waals surface area contributed by atoms with Crippen molar-refractivity contribution in [3.63, 3.8) is 0 Å². The highest BCUT2D eigenvalue weighted by Crippen LogP contribution is 2.18. The number of carbonyl (C=O) groups is 4. The Kier molecular flexibility index (Phi) is 7.69. The van der Waals surface area contributed by atoms with Gasteiger partial charge in [0.2, 0.25) is 5.91 Å². The summed E-state index contributed by atoms with van der Waals surface area (Å²) in [7, 11) is 0. The van der Waals surface area contributed by atoms with Gasteiger partial charge in [0.25, 0.3) is 5.91 Å². The minimum Gasteiger partial charge on any atom is -0.300 e. The fourth-order valence-corrected chi connectivity index (χ4v) is 3.30. The number of amides is 2. The number of nitrogens with one attached hydrogen (secondary N) is 2.